The molecule has 0 radical (unpaired) electrons. The largest absolute Gasteiger partial charge is 0.387 e. The molecule has 1 aromatic rings. The highest BCUT2D eigenvalue weighted by Gasteiger charge is 2.15. The summed E-state index contributed by atoms with van der Waals surface area (Å²) < 4.78 is 2.12. The molecule has 2 nitrogen and oxygen atoms in total. The Morgan fingerprint density at radius 2 is 2.50 bits per heavy atom. The molecule has 1 aliphatic rings. The third-order valence-corrected chi connectivity index (χ3v) is 2.08. The van der Waals surface area contributed by atoms with E-state index in [-0.39, 0.29) is 6.10 Å². The molecule has 10 heavy (non-hydrogen) atoms. The van der Waals surface area contributed by atoms with Gasteiger partial charge >= 0.3 is 0 Å². The van der Waals surface area contributed by atoms with E-state index in [1.165, 1.54) is 0 Å². The number of nitrogens with zero attached hydrogens (tertiary/aromatic N) is 1. The molecule has 1 unspecified atom stereocenters. The number of hydrogen-bond donors (Lipinski definition) is 1. The molecule has 1 aromatic heterocycles. The molecule has 1 aliphatic heterocycles. The third kappa shape index (κ3) is 0.762. The summed E-state index contributed by atoms with van der Waals surface area (Å²) in [6, 6.07) is 3.98. The van der Waals surface area contributed by atoms with Crippen molar-refractivity contribution in [2.75, 3.05) is 0 Å². The first kappa shape index (κ1) is 5.98. The first-order valence-electron chi connectivity index (χ1n) is 3.71. The van der Waals surface area contributed by atoms with E-state index in [9.17, 15) is 5.11 Å². The highest BCUT2D eigenvalue weighted by molar-refractivity contribution is 5.11. The number of rotatable bonds is 0. The van der Waals surface area contributed by atoms with Crippen molar-refractivity contribution in [1.29, 1.82) is 0 Å². The fourth-order valence-electron chi connectivity index (χ4n) is 1.54. The third-order valence-electron chi connectivity index (χ3n) is 2.08. The van der Waals surface area contributed by atoms with Gasteiger partial charge in [0.05, 0.1) is 6.10 Å². The van der Waals surface area contributed by atoms with Crippen LogP contribution in [0.25, 0.3) is 0 Å². The molecule has 0 fully saturated rings. The average Bonchev–Trinajstić information content (AvgIpc) is 2.36. The highest BCUT2D eigenvalue weighted by Crippen LogP contribution is 2.24. The summed E-state index contributed by atoms with van der Waals surface area (Å²) >= 11 is 0. The van der Waals surface area contributed by atoms with Crippen LogP contribution in [0.3, 0.4) is 0 Å². The monoisotopic (exact) mass is 137 g/mol. The van der Waals surface area contributed by atoms with Gasteiger partial charge in [-0.3, -0.25) is 0 Å². The van der Waals surface area contributed by atoms with Gasteiger partial charge in [-0.15, -0.1) is 0 Å². The number of aryl methyl sites for hydroxylation is 1. The van der Waals surface area contributed by atoms with Crippen LogP contribution in [0.1, 0.15) is 24.6 Å². The Balaban J connectivity index is 2.41. The molecule has 0 aliphatic carbocycles. The summed E-state index contributed by atoms with van der Waals surface area (Å²) in [7, 11) is 0. The van der Waals surface area contributed by atoms with Crippen molar-refractivity contribution in [3.05, 3.63) is 24.0 Å². The Kier molecular flexibility index (Phi) is 1.27. The van der Waals surface area contributed by atoms with Gasteiger partial charge < -0.3 is 9.67 Å². The van der Waals surface area contributed by atoms with E-state index in [1.807, 2.05) is 18.3 Å². The minimum absolute atomic E-state index is 0.219. The van der Waals surface area contributed by atoms with Crippen LogP contribution in [-0.2, 0) is 6.54 Å². The van der Waals surface area contributed by atoms with E-state index in [1.54, 1.807) is 0 Å². The van der Waals surface area contributed by atoms with Crippen molar-refractivity contribution in [3.8, 4) is 0 Å². The van der Waals surface area contributed by atoms with Crippen LogP contribution >= 0.6 is 0 Å². The Bertz CT molecular complexity index is 229. The Labute approximate surface area is 60.1 Å². The fraction of sp³-hybridized carbons (Fsp3) is 0.500. The molecular weight excluding hydrogens is 126 g/mol. The first-order valence-corrected chi connectivity index (χ1v) is 3.71. The molecular formula is C8H11NO. The van der Waals surface area contributed by atoms with Crippen LogP contribution in [-0.4, -0.2) is 9.67 Å². The molecule has 2 heterocycles. The molecule has 2 rings (SSSR count). The van der Waals surface area contributed by atoms with E-state index in [4.69, 9.17) is 0 Å². The molecule has 2 heteroatoms. The second-order valence-corrected chi connectivity index (χ2v) is 2.78. The van der Waals surface area contributed by atoms with Crippen molar-refractivity contribution in [3.63, 3.8) is 0 Å². The lowest BCUT2D eigenvalue weighted by Gasteiger charge is -2.19. The lowest BCUT2D eigenvalue weighted by atomic mass is 10.1. The topological polar surface area (TPSA) is 25.2 Å². The molecule has 0 aromatic carbocycles. The molecule has 0 amide bonds. The van der Waals surface area contributed by atoms with Gasteiger partial charge in [0.25, 0.3) is 0 Å². The molecule has 1 atom stereocenters. The zero-order valence-electron chi connectivity index (χ0n) is 5.83. The molecule has 0 saturated heterocycles. The Hall–Kier alpha value is -0.760. The van der Waals surface area contributed by atoms with E-state index < -0.39 is 0 Å². The summed E-state index contributed by atoms with van der Waals surface area (Å²) in [6.45, 7) is 1.07. The normalized spacial score (nSPS) is 24.3. The number of fused-ring (bicyclic) bond motifs is 1. The molecule has 0 bridgehead atoms. The van der Waals surface area contributed by atoms with Gasteiger partial charge in [-0.1, -0.05) is 0 Å². The van der Waals surface area contributed by atoms with Crippen molar-refractivity contribution in [1.82, 2.24) is 4.57 Å². The maximum absolute atomic E-state index is 9.43. The van der Waals surface area contributed by atoms with Crippen molar-refractivity contribution in [2.45, 2.75) is 25.5 Å². The van der Waals surface area contributed by atoms with Crippen LogP contribution < -0.4 is 0 Å². The van der Waals surface area contributed by atoms with Crippen LogP contribution in [0.5, 0.6) is 0 Å². The maximum atomic E-state index is 9.43. The predicted octanol–water partition coefficient (Wildman–Crippen LogP) is 1.32. The zero-order chi connectivity index (χ0) is 6.97. The summed E-state index contributed by atoms with van der Waals surface area (Å²) in [4.78, 5) is 0. The van der Waals surface area contributed by atoms with Crippen LogP contribution in [0.4, 0.5) is 0 Å². The molecule has 0 spiro atoms. The van der Waals surface area contributed by atoms with Gasteiger partial charge in [0.2, 0.25) is 0 Å². The van der Waals surface area contributed by atoms with Gasteiger partial charge in [-0.05, 0) is 25.0 Å². The smallest absolute Gasteiger partial charge is 0.0940 e. The zero-order valence-corrected chi connectivity index (χ0v) is 5.83. The minimum Gasteiger partial charge on any atom is -0.387 e. The second kappa shape index (κ2) is 2.13. The van der Waals surface area contributed by atoms with Crippen molar-refractivity contribution < 1.29 is 5.11 Å². The van der Waals surface area contributed by atoms with E-state index in [0.29, 0.717) is 0 Å². The van der Waals surface area contributed by atoms with Crippen LogP contribution in [0.2, 0.25) is 0 Å². The Morgan fingerprint density at radius 1 is 1.60 bits per heavy atom. The first-order chi connectivity index (χ1) is 4.88. The van der Waals surface area contributed by atoms with Crippen LogP contribution in [0, 0.1) is 0 Å². The molecule has 1 N–H and O–H groups in total. The van der Waals surface area contributed by atoms with E-state index >= 15 is 0 Å². The van der Waals surface area contributed by atoms with E-state index in [0.717, 1.165) is 25.1 Å². The lowest BCUT2D eigenvalue weighted by molar-refractivity contribution is 0.139. The lowest BCUT2D eigenvalue weighted by Crippen LogP contribution is -2.13. The summed E-state index contributed by atoms with van der Waals surface area (Å²) in [6.07, 6.45) is 3.83. The maximum Gasteiger partial charge on any atom is 0.0940 e. The van der Waals surface area contributed by atoms with Crippen LogP contribution in [0.15, 0.2) is 18.3 Å². The van der Waals surface area contributed by atoms with Crippen molar-refractivity contribution >= 4 is 0 Å². The Morgan fingerprint density at radius 3 is 3.30 bits per heavy atom. The predicted molar refractivity (Wildman–Crippen MR) is 38.6 cm³/mol. The molecule has 54 valence electrons. The van der Waals surface area contributed by atoms with Crippen molar-refractivity contribution in [2.24, 2.45) is 0 Å². The van der Waals surface area contributed by atoms with E-state index in [2.05, 4.69) is 4.57 Å². The minimum atomic E-state index is -0.219. The average molecular weight is 137 g/mol. The van der Waals surface area contributed by atoms with Gasteiger partial charge in [-0.2, -0.15) is 0 Å². The summed E-state index contributed by atoms with van der Waals surface area (Å²) in [5.41, 5.74) is 1.08. The standard InChI is InChI=1S/C8H11NO/c10-8-4-2-6-9-5-1-3-7(8)9/h1,3,5,8,10H,2,4,6H2. The second-order valence-electron chi connectivity index (χ2n) is 2.78. The highest BCUT2D eigenvalue weighted by atomic mass is 16.3. The number of hydrogen-bond acceptors (Lipinski definition) is 1. The SMILES string of the molecule is OC1CCCn2cccc21. The number of aliphatic hydroxyl groups is 1. The number of aliphatic hydroxyl groups excluding tert-OH is 1. The fourth-order valence-corrected chi connectivity index (χ4v) is 1.54. The molecule has 0 saturated carbocycles. The van der Waals surface area contributed by atoms with Gasteiger partial charge in [0, 0.05) is 18.4 Å². The van der Waals surface area contributed by atoms with Gasteiger partial charge in [0.15, 0.2) is 0 Å². The number of aromatic nitrogens is 1. The van der Waals surface area contributed by atoms with Gasteiger partial charge in [-0.25, -0.2) is 0 Å². The summed E-state index contributed by atoms with van der Waals surface area (Å²) in [5.74, 6) is 0. The van der Waals surface area contributed by atoms with Gasteiger partial charge in [0.1, 0.15) is 0 Å². The quantitative estimate of drug-likeness (QED) is 0.573. The summed E-state index contributed by atoms with van der Waals surface area (Å²) in [5, 5.41) is 9.43.